The second-order valence-corrected chi connectivity index (χ2v) is 5.16. The lowest BCUT2D eigenvalue weighted by molar-refractivity contribution is 0.802. The van der Waals surface area contributed by atoms with Crippen molar-refractivity contribution in [2.75, 3.05) is 0 Å². The molecule has 0 bridgehead atoms. The molecule has 0 radical (unpaired) electrons. The van der Waals surface area contributed by atoms with Gasteiger partial charge in [0, 0.05) is 23.5 Å². The predicted octanol–water partition coefficient (Wildman–Crippen LogP) is 3.85. The zero-order chi connectivity index (χ0) is 13.9. The van der Waals surface area contributed by atoms with E-state index < -0.39 is 0 Å². The topological polar surface area (TPSA) is 38.9 Å². The number of para-hydroxylation sites is 1. The van der Waals surface area contributed by atoms with Crippen LogP contribution >= 0.6 is 0 Å². The highest BCUT2D eigenvalue weighted by molar-refractivity contribution is 5.78. The van der Waals surface area contributed by atoms with Crippen LogP contribution in [0.4, 0.5) is 0 Å². The van der Waals surface area contributed by atoms with E-state index in [1.807, 2.05) is 25.1 Å². The normalized spacial score (nSPS) is 12.5. The summed E-state index contributed by atoms with van der Waals surface area (Å²) in [6.45, 7) is 2.02. The van der Waals surface area contributed by atoms with Gasteiger partial charge in [0.2, 0.25) is 0 Å². The lowest BCUT2D eigenvalue weighted by atomic mass is 9.98. The number of hydrogen-bond acceptors (Lipinski definition) is 2. The minimum Gasteiger partial charge on any atom is -0.324 e. The summed E-state index contributed by atoms with van der Waals surface area (Å²) in [5.74, 6) is 0. The summed E-state index contributed by atoms with van der Waals surface area (Å²) in [5.41, 5.74) is 10.6. The molecule has 3 rings (SSSR count). The molecule has 100 valence electrons. The van der Waals surface area contributed by atoms with Crippen LogP contribution < -0.4 is 5.73 Å². The maximum Gasteiger partial charge on any atom is 0.0705 e. The molecule has 2 nitrogen and oxygen atoms in total. The molecule has 2 N–H and O–H groups in total. The number of pyridine rings is 1. The summed E-state index contributed by atoms with van der Waals surface area (Å²) >= 11 is 0. The van der Waals surface area contributed by atoms with Crippen LogP contribution in [0, 0.1) is 0 Å². The van der Waals surface area contributed by atoms with E-state index in [1.54, 1.807) is 0 Å². The van der Waals surface area contributed by atoms with Crippen molar-refractivity contribution < 1.29 is 0 Å². The number of benzene rings is 2. The van der Waals surface area contributed by atoms with Crippen molar-refractivity contribution in [3.05, 3.63) is 77.5 Å². The predicted molar refractivity (Wildman–Crippen MR) is 83.6 cm³/mol. The second-order valence-electron chi connectivity index (χ2n) is 5.16. The van der Waals surface area contributed by atoms with Crippen LogP contribution in [0.1, 0.15) is 29.8 Å². The molecule has 3 aromatic rings. The molecule has 2 aromatic carbocycles. The van der Waals surface area contributed by atoms with Gasteiger partial charge in [0.05, 0.1) is 5.52 Å². The van der Waals surface area contributed by atoms with E-state index in [4.69, 9.17) is 10.7 Å². The molecule has 0 saturated heterocycles. The number of nitrogens with two attached hydrogens (primary N) is 1. The quantitative estimate of drug-likeness (QED) is 0.778. The van der Waals surface area contributed by atoms with Gasteiger partial charge >= 0.3 is 0 Å². The van der Waals surface area contributed by atoms with Gasteiger partial charge in [-0.25, -0.2) is 0 Å². The summed E-state index contributed by atoms with van der Waals surface area (Å²) in [5, 5.41) is 1.18. The van der Waals surface area contributed by atoms with Crippen molar-refractivity contribution in [2.24, 2.45) is 5.73 Å². The van der Waals surface area contributed by atoms with E-state index in [1.165, 1.54) is 16.5 Å². The molecule has 0 saturated carbocycles. The highest BCUT2D eigenvalue weighted by Crippen LogP contribution is 2.20. The van der Waals surface area contributed by atoms with Gasteiger partial charge in [-0.2, -0.15) is 0 Å². The average molecular weight is 262 g/mol. The molecular formula is C18H18N2. The van der Waals surface area contributed by atoms with E-state index in [0.29, 0.717) is 0 Å². The fraction of sp³-hybridized carbons (Fsp3) is 0.167. The Morgan fingerprint density at radius 2 is 1.70 bits per heavy atom. The number of hydrogen-bond donors (Lipinski definition) is 1. The van der Waals surface area contributed by atoms with E-state index >= 15 is 0 Å². The van der Waals surface area contributed by atoms with Gasteiger partial charge in [0.1, 0.15) is 0 Å². The van der Waals surface area contributed by atoms with E-state index in [0.717, 1.165) is 17.6 Å². The maximum absolute atomic E-state index is 6.04. The molecule has 0 aliphatic rings. The Labute approximate surface area is 119 Å². The van der Waals surface area contributed by atoms with Crippen LogP contribution in [0.3, 0.4) is 0 Å². The molecule has 0 fully saturated rings. The van der Waals surface area contributed by atoms with Crippen LogP contribution in [0.5, 0.6) is 0 Å². The Balaban J connectivity index is 1.97. The van der Waals surface area contributed by atoms with Crippen molar-refractivity contribution in [2.45, 2.75) is 19.4 Å². The van der Waals surface area contributed by atoms with Gasteiger partial charge in [0.15, 0.2) is 0 Å². The summed E-state index contributed by atoms with van der Waals surface area (Å²) in [6, 6.07) is 20.8. The van der Waals surface area contributed by atoms with Crippen molar-refractivity contribution in [1.29, 1.82) is 0 Å². The molecule has 20 heavy (non-hydrogen) atoms. The Bertz CT molecular complexity index is 732. The van der Waals surface area contributed by atoms with E-state index in [2.05, 4.69) is 42.5 Å². The van der Waals surface area contributed by atoms with E-state index in [-0.39, 0.29) is 6.04 Å². The third-order valence-electron chi connectivity index (χ3n) is 3.57. The first kappa shape index (κ1) is 12.8. The highest BCUT2D eigenvalue weighted by Gasteiger charge is 2.07. The first-order valence-corrected chi connectivity index (χ1v) is 6.92. The third-order valence-corrected chi connectivity index (χ3v) is 3.57. The van der Waals surface area contributed by atoms with Crippen LogP contribution in [0.25, 0.3) is 10.9 Å². The van der Waals surface area contributed by atoms with Crippen molar-refractivity contribution in [1.82, 2.24) is 4.98 Å². The molecule has 1 aromatic heterocycles. The first-order chi connectivity index (χ1) is 9.74. The van der Waals surface area contributed by atoms with Gasteiger partial charge in [0.25, 0.3) is 0 Å². The number of aromatic nitrogens is 1. The molecule has 0 spiro atoms. The lowest BCUT2D eigenvalue weighted by Crippen LogP contribution is -2.08. The number of rotatable bonds is 3. The van der Waals surface area contributed by atoms with Crippen molar-refractivity contribution in [3.63, 3.8) is 0 Å². The van der Waals surface area contributed by atoms with Crippen LogP contribution in [0.2, 0.25) is 0 Å². The zero-order valence-corrected chi connectivity index (χ0v) is 11.6. The van der Waals surface area contributed by atoms with E-state index in [9.17, 15) is 0 Å². The molecule has 0 amide bonds. The Hall–Kier alpha value is -2.19. The van der Waals surface area contributed by atoms with Crippen LogP contribution in [0.15, 0.2) is 60.7 Å². The average Bonchev–Trinajstić information content (AvgIpc) is 2.47. The smallest absolute Gasteiger partial charge is 0.0705 e. The molecule has 0 aliphatic heterocycles. The van der Waals surface area contributed by atoms with Crippen molar-refractivity contribution in [3.8, 4) is 0 Å². The standard InChI is InChI=1S/C18H18N2/c1-13(19)17-8-4-2-7-15(17)12-16-11-10-14-6-3-5-9-18(14)20-16/h2-11,13H,12,19H2,1H3. The lowest BCUT2D eigenvalue weighted by Gasteiger charge is -2.12. The van der Waals surface area contributed by atoms with Crippen LogP contribution in [-0.2, 0) is 6.42 Å². The van der Waals surface area contributed by atoms with Crippen LogP contribution in [-0.4, -0.2) is 4.98 Å². The minimum absolute atomic E-state index is 0.0478. The third kappa shape index (κ3) is 2.56. The summed E-state index contributed by atoms with van der Waals surface area (Å²) in [6.07, 6.45) is 0.822. The van der Waals surface area contributed by atoms with Crippen molar-refractivity contribution >= 4 is 10.9 Å². The molecule has 0 aliphatic carbocycles. The Morgan fingerprint density at radius 1 is 0.950 bits per heavy atom. The molecule has 1 heterocycles. The molecule has 1 atom stereocenters. The Morgan fingerprint density at radius 3 is 2.55 bits per heavy atom. The summed E-state index contributed by atoms with van der Waals surface area (Å²) in [7, 11) is 0. The van der Waals surface area contributed by atoms with Gasteiger partial charge in [-0.15, -0.1) is 0 Å². The second kappa shape index (κ2) is 5.43. The summed E-state index contributed by atoms with van der Waals surface area (Å²) in [4.78, 5) is 4.73. The fourth-order valence-corrected chi connectivity index (χ4v) is 2.54. The van der Waals surface area contributed by atoms with Gasteiger partial charge < -0.3 is 5.73 Å². The SMILES string of the molecule is CC(N)c1ccccc1Cc1ccc2ccccc2n1. The van der Waals surface area contributed by atoms with Gasteiger partial charge in [-0.3, -0.25) is 4.98 Å². The number of nitrogens with zero attached hydrogens (tertiary/aromatic N) is 1. The molecule has 2 heteroatoms. The fourth-order valence-electron chi connectivity index (χ4n) is 2.54. The zero-order valence-electron chi connectivity index (χ0n) is 11.6. The number of fused-ring (bicyclic) bond motifs is 1. The molecule has 1 unspecified atom stereocenters. The summed E-state index contributed by atoms with van der Waals surface area (Å²) < 4.78 is 0. The monoisotopic (exact) mass is 262 g/mol. The maximum atomic E-state index is 6.04. The first-order valence-electron chi connectivity index (χ1n) is 6.92. The minimum atomic E-state index is 0.0478. The Kier molecular flexibility index (Phi) is 3.48. The highest BCUT2D eigenvalue weighted by atomic mass is 14.7. The molecular weight excluding hydrogens is 244 g/mol. The van der Waals surface area contributed by atoms with Gasteiger partial charge in [-0.05, 0) is 30.2 Å². The van der Waals surface area contributed by atoms with Gasteiger partial charge in [-0.1, -0.05) is 48.5 Å². The largest absolute Gasteiger partial charge is 0.324 e.